The first kappa shape index (κ1) is 32.8. The number of hydrogen-bond donors (Lipinski definition) is 0. The number of aromatic nitrogens is 3. The Morgan fingerprint density at radius 1 is 0.439 bits per heavy atom. The molecule has 3 aromatic heterocycles. The first-order valence-electron chi connectivity index (χ1n) is 19.3. The zero-order valence-corrected chi connectivity index (χ0v) is 31.2. The van der Waals surface area contributed by atoms with E-state index >= 15 is 0 Å². The molecule has 57 heavy (non-hydrogen) atoms. The van der Waals surface area contributed by atoms with Crippen LogP contribution in [-0.4, -0.2) is 21.7 Å². The number of para-hydroxylation sites is 1. The van der Waals surface area contributed by atoms with Crippen molar-refractivity contribution in [2.24, 2.45) is 4.99 Å². The number of benzene rings is 8. The molecule has 4 nitrogen and oxygen atoms in total. The van der Waals surface area contributed by atoms with Gasteiger partial charge in [0.1, 0.15) is 0 Å². The van der Waals surface area contributed by atoms with E-state index in [1.165, 1.54) is 43.4 Å². The van der Waals surface area contributed by atoms with Crippen molar-refractivity contribution in [3.63, 3.8) is 0 Å². The Bertz CT molecular complexity index is 3470. The molecule has 0 aliphatic rings. The van der Waals surface area contributed by atoms with Crippen molar-refractivity contribution in [3.8, 4) is 33.6 Å². The van der Waals surface area contributed by atoms with Gasteiger partial charge >= 0.3 is 0 Å². The monoisotopic (exact) mass is 726 g/mol. The average molecular weight is 727 g/mol. The quantitative estimate of drug-likeness (QED) is 0.101. The smallest absolute Gasteiger partial charge is 0.0978 e. The summed E-state index contributed by atoms with van der Waals surface area (Å²) in [7, 11) is 0. The third-order valence-electron chi connectivity index (χ3n) is 11.4. The molecule has 4 heteroatoms. The lowest BCUT2D eigenvalue weighted by Crippen LogP contribution is -1.93. The molecule has 0 amide bonds. The van der Waals surface area contributed by atoms with Crippen molar-refractivity contribution in [1.82, 2.24) is 15.0 Å². The Balaban J connectivity index is 1.08. The van der Waals surface area contributed by atoms with Crippen LogP contribution in [0, 0.1) is 0 Å². The predicted molar refractivity (Wildman–Crippen MR) is 243 cm³/mol. The van der Waals surface area contributed by atoms with Gasteiger partial charge in [-0.15, -0.1) is 0 Å². The number of pyridine rings is 3. The summed E-state index contributed by atoms with van der Waals surface area (Å²) in [6.07, 6.45) is 4.07. The molecule has 0 spiro atoms. The van der Waals surface area contributed by atoms with Crippen LogP contribution < -0.4 is 0 Å². The fourth-order valence-electron chi connectivity index (χ4n) is 8.72. The van der Waals surface area contributed by atoms with Crippen LogP contribution in [-0.2, 0) is 0 Å². The van der Waals surface area contributed by atoms with E-state index in [-0.39, 0.29) is 0 Å². The second kappa shape index (κ2) is 13.0. The molecule has 0 unspecified atom stereocenters. The molecule has 0 saturated heterocycles. The van der Waals surface area contributed by atoms with Gasteiger partial charge in [-0.25, -0.2) is 15.0 Å². The number of rotatable bonds is 5. The van der Waals surface area contributed by atoms with E-state index in [0.29, 0.717) is 0 Å². The standard InChI is InChI=1S/C53H34N4/c1-3-11-33-18-19-34-23-28-46(55-51(34)50(33)54-2)36-21-25-40-41-26-22-37(31-45(41)39-15-8-7-14-38(39)44(40)30-36)47-29-24-35-20-27-43-49(32-12-5-4-6-13-32)42-16-9-10-17-48(42)57-53(43)52(35)56-47/h3-31H,2H2,1H3/b11-3-. The van der Waals surface area contributed by atoms with E-state index in [9.17, 15) is 0 Å². The van der Waals surface area contributed by atoms with Gasteiger partial charge < -0.3 is 0 Å². The first-order valence-corrected chi connectivity index (χ1v) is 19.3. The number of hydrogen-bond acceptors (Lipinski definition) is 4. The Morgan fingerprint density at radius 2 is 0.982 bits per heavy atom. The lowest BCUT2D eigenvalue weighted by molar-refractivity contribution is 1.38. The predicted octanol–water partition coefficient (Wildman–Crippen LogP) is 14.3. The van der Waals surface area contributed by atoms with E-state index in [1.54, 1.807) is 0 Å². The van der Waals surface area contributed by atoms with Crippen LogP contribution in [0.25, 0.3) is 116 Å². The van der Waals surface area contributed by atoms with Gasteiger partial charge in [0, 0.05) is 43.8 Å². The van der Waals surface area contributed by atoms with E-state index in [1.807, 2.05) is 13.0 Å². The molecular formula is C53H34N4. The normalized spacial score (nSPS) is 11.9. The number of aliphatic imine (C=N–C) groups is 1. The van der Waals surface area contributed by atoms with Crippen LogP contribution in [0.3, 0.4) is 0 Å². The van der Waals surface area contributed by atoms with Crippen molar-refractivity contribution in [2.45, 2.75) is 6.92 Å². The molecule has 0 radical (unpaired) electrons. The van der Waals surface area contributed by atoms with Gasteiger partial charge in [0.05, 0.1) is 39.1 Å². The summed E-state index contributed by atoms with van der Waals surface area (Å²) in [6, 6.07) is 58.3. The van der Waals surface area contributed by atoms with Crippen LogP contribution in [0.4, 0.5) is 5.69 Å². The topological polar surface area (TPSA) is 51.0 Å². The highest BCUT2D eigenvalue weighted by molar-refractivity contribution is 6.26. The Labute approximate surface area is 329 Å². The second-order valence-electron chi connectivity index (χ2n) is 14.6. The fraction of sp³-hybridized carbons (Fsp3) is 0.0189. The van der Waals surface area contributed by atoms with Gasteiger partial charge in [0.15, 0.2) is 0 Å². The van der Waals surface area contributed by atoms with Crippen LogP contribution in [0.1, 0.15) is 12.5 Å². The van der Waals surface area contributed by atoms with Gasteiger partial charge in [-0.1, -0.05) is 146 Å². The molecule has 11 aromatic rings. The highest BCUT2D eigenvalue weighted by Crippen LogP contribution is 2.41. The summed E-state index contributed by atoms with van der Waals surface area (Å²) >= 11 is 0. The fourth-order valence-corrected chi connectivity index (χ4v) is 8.72. The van der Waals surface area contributed by atoms with E-state index in [4.69, 9.17) is 15.0 Å². The van der Waals surface area contributed by atoms with Crippen LogP contribution in [0.2, 0.25) is 0 Å². The van der Waals surface area contributed by atoms with Crippen molar-refractivity contribution >= 4 is 94.4 Å². The molecule has 0 saturated carbocycles. The lowest BCUT2D eigenvalue weighted by atomic mass is 9.91. The van der Waals surface area contributed by atoms with E-state index in [2.05, 4.69) is 182 Å². The molecule has 0 atom stereocenters. The zero-order valence-electron chi connectivity index (χ0n) is 31.2. The minimum absolute atomic E-state index is 0.802. The minimum Gasteiger partial charge on any atom is -0.262 e. The van der Waals surface area contributed by atoms with Crippen LogP contribution in [0.15, 0.2) is 175 Å². The summed E-state index contributed by atoms with van der Waals surface area (Å²) in [5.41, 5.74) is 11.7. The molecule has 0 aliphatic carbocycles. The molecule has 3 heterocycles. The van der Waals surface area contributed by atoms with Gasteiger partial charge in [-0.05, 0) is 81.9 Å². The number of fused-ring (bicyclic) bond motifs is 11. The van der Waals surface area contributed by atoms with Gasteiger partial charge in [0.2, 0.25) is 0 Å². The van der Waals surface area contributed by atoms with Gasteiger partial charge in [-0.2, -0.15) is 0 Å². The van der Waals surface area contributed by atoms with Crippen molar-refractivity contribution < 1.29 is 0 Å². The molecule has 0 bridgehead atoms. The van der Waals surface area contributed by atoms with Gasteiger partial charge in [0.25, 0.3) is 0 Å². The maximum atomic E-state index is 5.38. The number of nitrogens with zero attached hydrogens (tertiary/aromatic N) is 4. The van der Waals surface area contributed by atoms with E-state index < -0.39 is 0 Å². The Kier molecular flexibility index (Phi) is 7.51. The maximum Gasteiger partial charge on any atom is 0.0978 e. The SMILES string of the molecule is C=Nc1c(/C=C\C)ccc2ccc(-c3ccc4c5ccc(-c6ccc7ccc8c(-c9ccccc9)c9ccccc9nc8c7n6)cc5c5ccccc5c4c3)nc12. The highest BCUT2D eigenvalue weighted by atomic mass is 14.8. The van der Waals surface area contributed by atoms with Crippen molar-refractivity contribution in [3.05, 3.63) is 175 Å². The molecular weight excluding hydrogens is 693 g/mol. The molecule has 266 valence electrons. The Hall–Kier alpha value is -7.56. The van der Waals surface area contributed by atoms with Crippen molar-refractivity contribution in [2.75, 3.05) is 0 Å². The molecule has 8 aromatic carbocycles. The lowest BCUT2D eigenvalue weighted by Gasteiger charge is -2.14. The van der Waals surface area contributed by atoms with Crippen LogP contribution >= 0.6 is 0 Å². The summed E-state index contributed by atoms with van der Waals surface area (Å²) in [5.74, 6) is 0. The average Bonchev–Trinajstić information content (AvgIpc) is 3.28. The van der Waals surface area contributed by atoms with Crippen LogP contribution in [0.5, 0.6) is 0 Å². The molecule has 0 fully saturated rings. The summed E-state index contributed by atoms with van der Waals surface area (Å²) < 4.78 is 0. The van der Waals surface area contributed by atoms with E-state index in [0.717, 1.165) is 77.4 Å². The minimum atomic E-state index is 0.802. The van der Waals surface area contributed by atoms with Crippen molar-refractivity contribution in [1.29, 1.82) is 0 Å². The highest BCUT2D eigenvalue weighted by Gasteiger charge is 2.17. The zero-order chi connectivity index (χ0) is 38.0. The summed E-state index contributed by atoms with van der Waals surface area (Å²) in [6.45, 7) is 5.88. The first-order chi connectivity index (χ1) is 28.2. The summed E-state index contributed by atoms with van der Waals surface area (Å²) in [5, 5.41) is 11.5. The maximum absolute atomic E-state index is 5.38. The molecule has 0 aliphatic heterocycles. The Morgan fingerprint density at radius 3 is 1.65 bits per heavy atom. The third-order valence-corrected chi connectivity index (χ3v) is 11.4. The molecule has 0 N–H and O–H groups in total. The number of allylic oxidation sites excluding steroid dienone is 1. The summed E-state index contributed by atoms with van der Waals surface area (Å²) in [4.78, 5) is 20.2. The second-order valence-corrected chi connectivity index (χ2v) is 14.6. The third kappa shape index (κ3) is 5.22. The van der Waals surface area contributed by atoms with Gasteiger partial charge in [-0.3, -0.25) is 4.99 Å². The molecule has 11 rings (SSSR count). The largest absolute Gasteiger partial charge is 0.262 e.